The Morgan fingerprint density at radius 1 is 1.31 bits per heavy atom. The number of aryl methyl sites for hydroxylation is 1. The molecule has 0 fully saturated rings. The standard InChI is InChI=1S/C17H15ClFN5OS/c1-10-6-7-11(18)8-14(10)21-15(25)9-26-17-23-22-16(24(17)20)12-4-2-3-5-13(12)19/h2-8H,9,20H2,1H3,(H,21,25). The molecule has 3 aromatic rings. The second kappa shape index (κ2) is 7.76. The minimum absolute atomic E-state index is 0.0680. The monoisotopic (exact) mass is 391 g/mol. The summed E-state index contributed by atoms with van der Waals surface area (Å²) in [6.45, 7) is 1.87. The Hall–Kier alpha value is -2.58. The number of carbonyl (C=O) groups is 1. The highest BCUT2D eigenvalue weighted by Crippen LogP contribution is 2.24. The molecule has 3 N–H and O–H groups in total. The SMILES string of the molecule is Cc1ccc(Cl)cc1NC(=O)CSc1nnc(-c2ccccc2F)n1N. The molecule has 0 unspecified atom stereocenters. The van der Waals surface area contributed by atoms with Crippen molar-refractivity contribution in [2.24, 2.45) is 0 Å². The minimum Gasteiger partial charge on any atom is -0.335 e. The number of halogens is 2. The van der Waals surface area contributed by atoms with E-state index in [0.717, 1.165) is 17.3 Å². The van der Waals surface area contributed by atoms with Crippen molar-refractivity contribution >= 4 is 35.0 Å². The lowest BCUT2D eigenvalue weighted by molar-refractivity contribution is -0.113. The van der Waals surface area contributed by atoms with Crippen molar-refractivity contribution in [1.29, 1.82) is 0 Å². The zero-order valence-corrected chi connectivity index (χ0v) is 15.3. The highest BCUT2D eigenvalue weighted by Gasteiger charge is 2.16. The van der Waals surface area contributed by atoms with Crippen molar-refractivity contribution in [2.75, 3.05) is 16.9 Å². The number of hydrogen-bond acceptors (Lipinski definition) is 5. The molecule has 2 aromatic carbocycles. The summed E-state index contributed by atoms with van der Waals surface area (Å²) in [5, 5.41) is 11.5. The van der Waals surface area contributed by atoms with Crippen LogP contribution in [0.25, 0.3) is 11.4 Å². The van der Waals surface area contributed by atoms with E-state index in [9.17, 15) is 9.18 Å². The highest BCUT2D eigenvalue weighted by molar-refractivity contribution is 7.99. The van der Waals surface area contributed by atoms with Gasteiger partial charge in [0.25, 0.3) is 0 Å². The van der Waals surface area contributed by atoms with E-state index in [0.29, 0.717) is 15.9 Å². The van der Waals surface area contributed by atoms with Crippen LogP contribution in [0.15, 0.2) is 47.6 Å². The number of anilines is 1. The first-order valence-electron chi connectivity index (χ1n) is 7.60. The second-order valence-corrected chi connectivity index (χ2v) is 6.83. The van der Waals surface area contributed by atoms with E-state index in [1.54, 1.807) is 30.3 Å². The van der Waals surface area contributed by atoms with E-state index in [1.807, 2.05) is 13.0 Å². The molecule has 0 saturated carbocycles. The van der Waals surface area contributed by atoms with Gasteiger partial charge in [0, 0.05) is 10.7 Å². The van der Waals surface area contributed by atoms with Gasteiger partial charge in [-0.1, -0.05) is 41.6 Å². The first kappa shape index (κ1) is 18.2. The first-order chi connectivity index (χ1) is 12.5. The van der Waals surface area contributed by atoms with Crippen LogP contribution in [0, 0.1) is 12.7 Å². The molecule has 134 valence electrons. The number of thioether (sulfide) groups is 1. The van der Waals surface area contributed by atoms with Crippen LogP contribution >= 0.6 is 23.4 Å². The van der Waals surface area contributed by atoms with E-state index in [1.165, 1.54) is 10.7 Å². The smallest absolute Gasteiger partial charge is 0.234 e. The fourth-order valence-electron chi connectivity index (χ4n) is 2.25. The number of nitrogens with one attached hydrogen (secondary N) is 1. The minimum atomic E-state index is -0.447. The number of nitrogens with two attached hydrogens (primary N) is 1. The Morgan fingerprint density at radius 3 is 2.85 bits per heavy atom. The summed E-state index contributed by atoms with van der Waals surface area (Å²) in [6.07, 6.45) is 0. The average Bonchev–Trinajstić information content (AvgIpc) is 2.97. The number of amides is 1. The summed E-state index contributed by atoms with van der Waals surface area (Å²) in [4.78, 5) is 12.2. The number of aromatic nitrogens is 3. The van der Waals surface area contributed by atoms with Crippen molar-refractivity contribution < 1.29 is 9.18 Å². The number of benzene rings is 2. The first-order valence-corrected chi connectivity index (χ1v) is 8.96. The van der Waals surface area contributed by atoms with Crippen molar-refractivity contribution in [3.05, 3.63) is 58.9 Å². The van der Waals surface area contributed by atoms with Gasteiger partial charge in [-0.25, -0.2) is 9.07 Å². The molecule has 0 aliphatic carbocycles. The molecule has 3 rings (SSSR count). The summed E-state index contributed by atoms with van der Waals surface area (Å²) in [7, 11) is 0. The average molecular weight is 392 g/mol. The number of carbonyl (C=O) groups excluding carboxylic acids is 1. The van der Waals surface area contributed by atoms with E-state index in [2.05, 4.69) is 15.5 Å². The Morgan fingerprint density at radius 2 is 2.08 bits per heavy atom. The molecule has 0 bridgehead atoms. The van der Waals surface area contributed by atoms with Crippen LogP contribution < -0.4 is 11.2 Å². The van der Waals surface area contributed by atoms with Gasteiger partial charge in [-0.15, -0.1) is 10.2 Å². The molecule has 0 spiro atoms. The van der Waals surface area contributed by atoms with Gasteiger partial charge in [0.2, 0.25) is 11.1 Å². The van der Waals surface area contributed by atoms with Gasteiger partial charge >= 0.3 is 0 Å². The van der Waals surface area contributed by atoms with Gasteiger partial charge in [0.05, 0.1) is 11.3 Å². The molecular formula is C17H15ClFN5OS. The molecule has 0 aliphatic heterocycles. The Kier molecular flexibility index (Phi) is 5.43. The maximum Gasteiger partial charge on any atom is 0.234 e. The molecule has 1 aromatic heterocycles. The van der Waals surface area contributed by atoms with E-state index in [4.69, 9.17) is 17.4 Å². The molecule has 0 aliphatic rings. The predicted octanol–water partition coefficient (Wildman–Crippen LogP) is 3.49. The second-order valence-electron chi connectivity index (χ2n) is 5.45. The van der Waals surface area contributed by atoms with Crippen molar-refractivity contribution in [2.45, 2.75) is 12.1 Å². The quantitative estimate of drug-likeness (QED) is 0.513. The molecule has 1 heterocycles. The third kappa shape index (κ3) is 3.97. The Balaban J connectivity index is 1.68. The third-order valence-corrected chi connectivity index (χ3v) is 4.76. The van der Waals surface area contributed by atoms with Crippen LogP contribution in [0.5, 0.6) is 0 Å². The van der Waals surface area contributed by atoms with Crippen molar-refractivity contribution in [3.63, 3.8) is 0 Å². The zero-order valence-electron chi connectivity index (χ0n) is 13.7. The summed E-state index contributed by atoms with van der Waals surface area (Å²) < 4.78 is 15.0. The summed E-state index contributed by atoms with van der Waals surface area (Å²) in [5.74, 6) is 5.51. The van der Waals surface area contributed by atoms with Gasteiger partial charge in [-0.3, -0.25) is 4.79 Å². The maximum absolute atomic E-state index is 13.9. The van der Waals surface area contributed by atoms with Crippen LogP contribution in [0.2, 0.25) is 5.02 Å². The maximum atomic E-state index is 13.9. The fourth-order valence-corrected chi connectivity index (χ4v) is 3.08. The lowest BCUT2D eigenvalue weighted by Gasteiger charge is -2.08. The summed E-state index contributed by atoms with van der Waals surface area (Å²) in [6, 6.07) is 11.4. The van der Waals surface area contributed by atoms with Crippen LogP contribution in [0.4, 0.5) is 10.1 Å². The molecule has 0 atom stereocenters. The van der Waals surface area contributed by atoms with Crippen LogP contribution in [0.1, 0.15) is 5.56 Å². The third-order valence-electron chi connectivity index (χ3n) is 3.59. The number of nitrogens with zero attached hydrogens (tertiary/aromatic N) is 3. The molecular weight excluding hydrogens is 377 g/mol. The molecule has 0 radical (unpaired) electrons. The van der Waals surface area contributed by atoms with E-state index < -0.39 is 5.82 Å². The lowest BCUT2D eigenvalue weighted by atomic mass is 10.2. The predicted molar refractivity (Wildman–Crippen MR) is 101 cm³/mol. The van der Waals surface area contributed by atoms with Crippen molar-refractivity contribution in [3.8, 4) is 11.4 Å². The Bertz CT molecular complexity index is 962. The molecule has 6 nitrogen and oxygen atoms in total. The van der Waals surface area contributed by atoms with Crippen LogP contribution in [-0.2, 0) is 4.79 Å². The van der Waals surface area contributed by atoms with E-state index in [-0.39, 0.29) is 23.0 Å². The molecule has 0 saturated heterocycles. The highest BCUT2D eigenvalue weighted by atomic mass is 35.5. The van der Waals surface area contributed by atoms with Gasteiger partial charge in [-0.2, -0.15) is 0 Å². The summed E-state index contributed by atoms with van der Waals surface area (Å²) >= 11 is 7.05. The van der Waals surface area contributed by atoms with Gasteiger partial charge < -0.3 is 11.2 Å². The number of nitrogen functional groups attached to an aromatic ring is 1. The Labute approximate surface area is 158 Å². The van der Waals surface area contributed by atoms with Crippen LogP contribution in [0.3, 0.4) is 0 Å². The van der Waals surface area contributed by atoms with Gasteiger partial charge in [0.15, 0.2) is 5.82 Å². The zero-order chi connectivity index (χ0) is 18.7. The lowest BCUT2D eigenvalue weighted by Crippen LogP contribution is -2.17. The number of hydrogen-bond donors (Lipinski definition) is 2. The topological polar surface area (TPSA) is 85.8 Å². The largest absolute Gasteiger partial charge is 0.335 e. The van der Waals surface area contributed by atoms with Crippen LogP contribution in [-0.4, -0.2) is 26.5 Å². The van der Waals surface area contributed by atoms with Gasteiger partial charge in [0.1, 0.15) is 5.82 Å². The molecule has 9 heteroatoms. The van der Waals surface area contributed by atoms with Gasteiger partial charge in [-0.05, 0) is 36.8 Å². The molecule has 26 heavy (non-hydrogen) atoms. The normalized spacial score (nSPS) is 10.7. The fraction of sp³-hybridized carbons (Fsp3) is 0.118. The molecule has 1 amide bonds. The number of rotatable bonds is 5. The summed E-state index contributed by atoms with van der Waals surface area (Å²) in [5.41, 5.74) is 1.79. The van der Waals surface area contributed by atoms with Crippen molar-refractivity contribution in [1.82, 2.24) is 14.9 Å². The van der Waals surface area contributed by atoms with E-state index >= 15 is 0 Å².